The molecular weight excluding hydrogens is 280 g/mol. The van der Waals surface area contributed by atoms with Gasteiger partial charge in [-0.3, -0.25) is 4.79 Å². The van der Waals surface area contributed by atoms with Crippen LogP contribution in [0.25, 0.3) is 0 Å². The molecule has 1 saturated carbocycles. The van der Waals surface area contributed by atoms with Crippen molar-refractivity contribution in [3.05, 3.63) is 29.8 Å². The lowest BCUT2D eigenvalue weighted by molar-refractivity contribution is -0.125. The summed E-state index contributed by atoms with van der Waals surface area (Å²) in [4.78, 5) is 11.9. The van der Waals surface area contributed by atoms with Gasteiger partial charge in [-0.25, -0.2) is 8.78 Å². The van der Waals surface area contributed by atoms with Crippen LogP contribution in [0.15, 0.2) is 18.2 Å². The van der Waals surface area contributed by atoms with Gasteiger partial charge in [0.2, 0.25) is 0 Å². The summed E-state index contributed by atoms with van der Waals surface area (Å²) in [5.41, 5.74) is -0.368. The molecule has 0 radical (unpaired) electrons. The van der Waals surface area contributed by atoms with Gasteiger partial charge in [0.15, 0.2) is 6.61 Å². The summed E-state index contributed by atoms with van der Waals surface area (Å²) in [6.07, 6.45) is 2.36. The van der Waals surface area contributed by atoms with Crippen LogP contribution >= 0.6 is 0 Å². The summed E-state index contributed by atoms with van der Waals surface area (Å²) in [5, 5.41) is 12.3. The van der Waals surface area contributed by atoms with Crippen LogP contribution in [0.5, 0.6) is 5.75 Å². The molecule has 0 spiro atoms. The Balaban J connectivity index is 1.84. The van der Waals surface area contributed by atoms with Crippen molar-refractivity contribution < 1.29 is 23.4 Å². The molecule has 0 unspecified atom stereocenters. The van der Waals surface area contributed by atoms with Crippen molar-refractivity contribution in [2.45, 2.75) is 44.2 Å². The van der Waals surface area contributed by atoms with E-state index in [1.165, 1.54) is 0 Å². The van der Waals surface area contributed by atoms with Crippen molar-refractivity contribution in [2.75, 3.05) is 6.61 Å². The number of carbonyl (C=O) groups excluding carboxylic acids is 1. The van der Waals surface area contributed by atoms with Gasteiger partial charge >= 0.3 is 0 Å². The summed E-state index contributed by atoms with van der Waals surface area (Å²) in [5.74, 6) is -1.87. The summed E-state index contributed by atoms with van der Waals surface area (Å²) < 4.78 is 31.1. The molecule has 0 heterocycles. The van der Waals surface area contributed by atoms with Gasteiger partial charge in [0.05, 0.1) is 6.10 Å². The Hall–Kier alpha value is -1.69. The third kappa shape index (κ3) is 4.67. The van der Waals surface area contributed by atoms with Gasteiger partial charge in [-0.05, 0) is 32.6 Å². The van der Waals surface area contributed by atoms with E-state index in [2.05, 4.69) is 5.32 Å². The fourth-order valence-corrected chi connectivity index (χ4v) is 2.50. The molecule has 0 saturated heterocycles. The van der Waals surface area contributed by atoms with Gasteiger partial charge in [0.25, 0.3) is 5.91 Å². The molecule has 0 aliphatic heterocycles. The molecule has 116 valence electrons. The maximum atomic E-state index is 13.0. The van der Waals surface area contributed by atoms with Gasteiger partial charge in [-0.2, -0.15) is 0 Å². The van der Waals surface area contributed by atoms with Crippen LogP contribution in [0, 0.1) is 11.6 Å². The maximum Gasteiger partial charge on any atom is 0.258 e. The van der Waals surface area contributed by atoms with Gasteiger partial charge < -0.3 is 15.2 Å². The Kier molecular flexibility index (Phi) is 4.77. The number of hydrogen-bond acceptors (Lipinski definition) is 3. The fraction of sp³-hybridized carbons (Fsp3) is 0.533. The first kappa shape index (κ1) is 15.7. The first-order chi connectivity index (χ1) is 9.86. The van der Waals surface area contributed by atoms with E-state index >= 15 is 0 Å². The van der Waals surface area contributed by atoms with Crippen LogP contribution < -0.4 is 10.1 Å². The summed E-state index contributed by atoms with van der Waals surface area (Å²) in [6, 6.07) is 2.78. The number of aliphatic hydroxyl groups is 1. The molecular formula is C15H19F2NO3. The van der Waals surface area contributed by atoms with Crippen LogP contribution in [0.2, 0.25) is 0 Å². The monoisotopic (exact) mass is 299 g/mol. The zero-order valence-corrected chi connectivity index (χ0v) is 11.9. The van der Waals surface area contributed by atoms with Gasteiger partial charge in [-0.1, -0.05) is 0 Å². The number of nitrogens with one attached hydrogen (secondary N) is 1. The number of hydrogen-bond donors (Lipinski definition) is 2. The number of halogens is 2. The minimum Gasteiger partial charge on any atom is -0.484 e. The SMILES string of the molecule is CC1(NC(=O)COc2cc(F)cc(F)c2)CCC(O)CC1. The molecule has 1 aliphatic rings. The Bertz CT molecular complexity index is 493. The third-order valence-corrected chi connectivity index (χ3v) is 3.71. The summed E-state index contributed by atoms with van der Waals surface area (Å²) in [7, 11) is 0. The topological polar surface area (TPSA) is 58.6 Å². The first-order valence-electron chi connectivity index (χ1n) is 6.94. The number of amides is 1. The highest BCUT2D eigenvalue weighted by molar-refractivity contribution is 5.78. The Morgan fingerprint density at radius 1 is 1.33 bits per heavy atom. The van der Waals surface area contributed by atoms with E-state index in [1.54, 1.807) is 0 Å². The Morgan fingerprint density at radius 2 is 1.90 bits per heavy atom. The average Bonchev–Trinajstić information content (AvgIpc) is 2.39. The van der Waals surface area contributed by atoms with Gasteiger partial charge in [0.1, 0.15) is 17.4 Å². The van der Waals surface area contributed by atoms with Gasteiger partial charge in [0, 0.05) is 23.7 Å². The summed E-state index contributed by atoms with van der Waals surface area (Å²) in [6.45, 7) is 1.61. The van der Waals surface area contributed by atoms with E-state index in [0.29, 0.717) is 25.7 Å². The fourth-order valence-electron chi connectivity index (χ4n) is 2.50. The zero-order chi connectivity index (χ0) is 15.5. The minimum atomic E-state index is -0.751. The van der Waals surface area contributed by atoms with Crippen LogP contribution in [-0.4, -0.2) is 29.3 Å². The van der Waals surface area contributed by atoms with Crippen molar-refractivity contribution in [3.63, 3.8) is 0 Å². The summed E-state index contributed by atoms with van der Waals surface area (Å²) >= 11 is 0. The first-order valence-corrected chi connectivity index (χ1v) is 6.94. The highest BCUT2D eigenvalue weighted by atomic mass is 19.1. The molecule has 2 N–H and O–H groups in total. The van der Waals surface area contributed by atoms with Crippen LogP contribution in [0.3, 0.4) is 0 Å². The smallest absolute Gasteiger partial charge is 0.258 e. The largest absolute Gasteiger partial charge is 0.484 e. The highest BCUT2D eigenvalue weighted by Gasteiger charge is 2.31. The molecule has 1 fully saturated rings. The lowest BCUT2D eigenvalue weighted by atomic mass is 9.82. The number of carbonyl (C=O) groups is 1. The standard InChI is InChI=1S/C15H19F2NO3/c1-15(4-2-12(19)3-5-15)18-14(20)9-21-13-7-10(16)6-11(17)8-13/h6-8,12,19H,2-5,9H2,1H3,(H,18,20). The van der Waals surface area contributed by atoms with Crippen LogP contribution in [-0.2, 0) is 4.79 Å². The van der Waals surface area contributed by atoms with E-state index < -0.39 is 11.6 Å². The second-order valence-electron chi connectivity index (χ2n) is 5.73. The molecule has 6 heteroatoms. The van der Waals surface area contributed by atoms with Crippen molar-refractivity contribution in [1.82, 2.24) is 5.32 Å². The average molecular weight is 299 g/mol. The molecule has 1 aromatic rings. The highest BCUT2D eigenvalue weighted by Crippen LogP contribution is 2.27. The molecule has 2 rings (SSSR count). The molecule has 1 aromatic carbocycles. The molecule has 0 atom stereocenters. The molecule has 21 heavy (non-hydrogen) atoms. The molecule has 1 amide bonds. The van der Waals surface area contributed by atoms with Crippen molar-refractivity contribution in [2.24, 2.45) is 0 Å². The molecule has 0 aromatic heterocycles. The third-order valence-electron chi connectivity index (χ3n) is 3.71. The molecule has 1 aliphatic carbocycles. The quantitative estimate of drug-likeness (QED) is 0.895. The number of ether oxygens (including phenoxy) is 1. The second-order valence-corrected chi connectivity index (χ2v) is 5.73. The number of aliphatic hydroxyl groups excluding tert-OH is 1. The predicted octanol–water partition coefficient (Wildman–Crippen LogP) is 2.15. The van der Waals surface area contributed by atoms with Gasteiger partial charge in [-0.15, -0.1) is 0 Å². The Labute approximate surface area is 122 Å². The maximum absolute atomic E-state index is 13.0. The number of benzene rings is 1. The normalized spacial score (nSPS) is 25.4. The van der Waals surface area contributed by atoms with E-state index in [-0.39, 0.29) is 29.9 Å². The van der Waals surface area contributed by atoms with Crippen molar-refractivity contribution in [1.29, 1.82) is 0 Å². The lowest BCUT2D eigenvalue weighted by Crippen LogP contribution is -2.50. The van der Waals surface area contributed by atoms with E-state index in [9.17, 15) is 18.7 Å². The van der Waals surface area contributed by atoms with Crippen LogP contribution in [0.1, 0.15) is 32.6 Å². The second kappa shape index (κ2) is 6.39. The zero-order valence-electron chi connectivity index (χ0n) is 11.9. The molecule has 0 bridgehead atoms. The van der Waals surface area contributed by atoms with Crippen molar-refractivity contribution in [3.8, 4) is 5.75 Å². The van der Waals surface area contributed by atoms with Crippen LogP contribution in [0.4, 0.5) is 8.78 Å². The predicted molar refractivity (Wildman–Crippen MR) is 72.9 cm³/mol. The number of rotatable bonds is 4. The minimum absolute atomic E-state index is 0.0214. The van der Waals surface area contributed by atoms with E-state index in [4.69, 9.17) is 4.74 Å². The van der Waals surface area contributed by atoms with E-state index in [0.717, 1.165) is 18.2 Å². The Morgan fingerprint density at radius 3 is 2.48 bits per heavy atom. The van der Waals surface area contributed by atoms with E-state index in [1.807, 2.05) is 6.92 Å². The lowest BCUT2D eigenvalue weighted by Gasteiger charge is -2.36. The van der Waals surface area contributed by atoms with Crippen molar-refractivity contribution >= 4 is 5.91 Å². The molecule has 4 nitrogen and oxygen atoms in total.